The van der Waals surface area contributed by atoms with Gasteiger partial charge in [0.25, 0.3) is 5.91 Å². The Kier molecular flexibility index (Phi) is 4.77. The Hall–Kier alpha value is -3.29. The molecule has 0 unspecified atom stereocenters. The van der Waals surface area contributed by atoms with Gasteiger partial charge in [-0.2, -0.15) is 13.2 Å². The number of nitrogens with zero attached hydrogens (tertiary/aromatic N) is 1. The van der Waals surface area contributed by atoms with Gasteiger partial charge in [0, 0.05) is 12.0 Å². The molecule has 2 aromatic carbocycles. The van der Waals surface area contributed by atoms with E-state index >= 15 is 0 Å². The van der Waals surface area contributed by atoms with Gasteiger partial charge in [-0.3, -0.25) is 4.79 Å². The lowest BCUT2D eigenvalue weighted by atomic mass is 9.96. The Labute approximate surface area is 164 Å². The second kappa shape index (κ2) is 7.27. The third kappa shape index (κ3) is 3.70. The molecule has 1 atom stereocenters. The fourth-order valence-electron chi connectivity index (χ4n) is 3.44. The quantitative estimate of drug-likeness (QED) is 0.703. The summed E-state index contributed by atoms with van der Waals surface area (Å²) in [5.74, 6) is 0.127. The summed E-state index contributed by atoms with van der Waals surface area (Å²) in [5.41, 5.74) is 1.02. The van der Waals surface area contributed by atoms with Crippen molar-refractivity contribution in [1.29, 1.82) is 0 Å². The zero-order valence-electron chi connectivity index (χ0n) is 15.4. The minimum absolute atomic E-state index is 0.0684. The van der Waals surface area contributed by atoms with Gasteiger partial charge >= 0.3 is 6.18 Å². The molecule has 5 nitrogen and oxygen atoms in total. The summed E-state index contributed by atoms with van der Waals surface area (Å²) < 4.78 is 51.3. The number of aryl methyl sites for hydroxylation is 1. The van der Waals surface area contributed by atoms with E-state index in [0.29, 0.717) is 23.4 Å². The van der Waals surface area contributed by atoms with E-state index in [-0.39, 0.29) is 17.9 Å². The van der Waals surface area contributed by atoms with Crippen LogP contribution >= 0.6 is 0 Å². The molecule has 0 aliphatic carbocycles. The maximum Gasteiger partial charge on any atom is 0.417 e. The van der Waals surface area contributed by atoms with E-state index in [0.717, 1.165) is 11.6 Å². The number of fused-ring (bicyclic) bond motifs is 1. The number of aromatic nitrogens is 1. The molecule has 1 aliphatic rings. The normalized spacial score (nSPS) is 15.7. The van der Waals surface area contributed by atoms with Crippen molar-refractivity contribution in [2.45, 2.75) is 25.6 Å². The highest BCUT2D eigenvalue weighted by atomic mass is 19.4. The van der Waals surface area contributed by atoms with Crippen LogP contribution in [0.4, 0.5) is 13.2 Å². The number of nitrogens with one attached hydrogen (secondary N) is 1. The van der Waals surface area contributed by atoms with Crippen molar-refractivity contribution < 1.29 is 27.1 Å². The molecule has 0 radical (unpaired) electrons. The highest BCUT2D eigenvalue weighted by Gasteiger charge is 2.35. The van der Waals surface area contributed by atoms with Gasteiger partial charge in [-0.1, -0.05) is 36.4 Å². The number of benzene rings is 2. The summed E-state index contributed by atoms with van der Waals surface area (Å²) in [5, 5.41) is 2.72. The third-order valence-electron chi connectivity index (χ3n) is 4.79. The number of amides is 1. The van der Waals surface area contributed by atoms with E-state index in [1.807, 2.05) is 6.07 Å². The number of carbonyl (C=O) groups excluding carboxylic acids is 1. The van der Waals surface area contributed by atoms with Gasteiger partial charge in [0.05, 0.1) is 17.8 Å². The molecule has 0 saturated carbocycles. The predicted octanol–water partition coefficient (Wildman–Crippen LogP) is 4.40. The first-order chi connectivity index (χ1) is 13.8. The Balaban J connectivity index is 1.55. The summed E-state index contributed by atoms with van der Waals surface area (Å²) in [4.78, 5) is 16.0. The van der Waals surface area contributed by atoms with Crippen LogP contribution < -0.4 is 10.1 Å². The lowest BCUT2D eigenvalue weighted by Crippen LogP contribution is -2.34. The van der Waals surface area contributed by atoms with E-state index in [1.165, 1.54) is 18.5 Å². The van der Waals surface area contributed by atoms with Crippen LogP contribution in [0.3, 0.4) is 0 Å². The summed E-state index contributed by atoms with van der Waals surface area (Å²) in [6.07, 6.45) is -3.19. The van der Waals surface area contributed by atoms with Crippen molar-refractivity contribution >= 4 is 5.91 Å². The molecule has 0 saturated heterocycles. The standard InChI is InChI=1S/C21H17F3N2O3/c1-12-18(28-11-26-12)20(27)25-10-14-9-13-5-4-7-16(19(13)29-14)15-6-2-3-8-17(15)21(22,23)24/h2-8,11,14H,9-10H2,1H3,(H,25,27)/t14-/m1/s1. The molecule has 1 aliphatic heterocycles. The maximum absolute atomic E-state index is 13.4. The highest BCUT2D eigenvalue weighted by Crippen LogP contribution is 2.43. The van der Waals surface area contributed by atoms with Gasteiger partial charge in [-0.25, -0.2) is 4.98 Å². The molecule has 1 N–H and O–H groups in total. The van der Waals surface area contributed by atoms with Crippen molar-refractivity contribution in [2.24, 2.45) is 0 Å². The predicted molar refractivity (Wildman–Crippen MR) is 98.6 cm³/mol. The number of para-hydroxylation sites is 1. The molecule has 0 spiro atoms. The number of hydrogen-bond donors (Lipinski definition) is 1. The lowest BCUT2D eigenvalue weighted by molar-refractivity contribution is -0.137. The van der Waals surface area contributed by atoms with Crippen LogP contribution in [0, 0.1) is 6.92 Å². The molecule has 1 amide bonds. The Morgan fingerprint density at radius 3 is 2.66 bits per heavy atom. The van der Waals surface area contributed by atoms with Gasteiger partial charge in [0.15, 0.2) is 6.39 Å². The van der Waals surface area contributed by atoms with Crippen LogP contribution in [0.5, 0.6) is 5.75 Å². The number of ether oxygens (including phenoxy) is 1. The topological polar surface area (TPSA) is 64.4 Å². The molecule has 1 aromatic heterocycles. The summed E-state index contributed by atoms with van der Waals surface area (Å²) in [6, 6.07) is 10.6. The van der Waals surface area contributed by atoms with Gasteiger partial charge in [-0.15, -0.1) is 0 Å². The summed E-state index contributed by atoms with van der Waals surface area (Å²) in [7, 11) is 0. The van der Waals surface area contributed by atoms with Crippen LogP contribution in [0.25, 0.3) is 11.1 Å². The van der Waals surface area contributed by atoms with Gasteiger partial charge in [0.1, 0.15) is 11.9 Å². The molecule has 0 fully saturated rings. The van der Waals surface area contributed by atoms with Crippen LogP contribution in [0.1, 0.15) is 27.4 Å². The number of alkyl halides is 3. The van der Waals surface area contributed by atoms with Gasteiger partial charge in [0.2, 0.25) is 5.76 Å². The van der Waals surface area contributed by atoms with Crippen molar-refractivity contribution in [1.82, 2.24) is 10.3 Å². The molecule has 29 heavy (non-hydrogen) atoms. The molecule has 2 heterocycles. The first-order valence-corrected chi connectivity index (χ1v) is 8.98. The minimum Gasteiger partial charge on any atom is -0.487 e. The minimum atomic E-state index is -4.47. The zero-order chi connectivity index (χ0) is 20.6. The first-order valence-electron chi connectivity index (χ1n) is 8.98. The zero-order valence-corrected chi connectivity index (χ0v) is 15.4. The summed E-state index contributed by atoms with van der Waals surface area (Å²) >= 11 is 0. The molecular weight excluding hydrogens is 385 g/mol. The van der Waals surface area contributed by atoms with Crippen LogP contribution in [-0.4, -0.2) is 23.5 Å². The monoisotopic (exact) mass is 402 g/mol. The van der Waals surface area contributed by atoms with Crippen molar-refractivity contribution in [3.8, 4) is 16.9 Å². The third-order valence-corrected chi connectivity index (χ3v) is 4.79. The molecule has 3 aromatic rings. The number of rotatable bonds is 4. The number of halogens is 3. The SMILES string of the molecule is Cc1ncoc1C(=O)NC[C@H]1Cc2cccc(-c3ccccc3C(F)(F)F)c2O1. The second-order valence-electron chi connectivity index (χ2n) is 6.76. The Morgan fingerprint density at radius 1 is 1.17 bits per heavy atom. The van der Waals surface area contributed by atoms with E-state index in [2.05, 4.69) is 10.3 Å². The molecule has 4 rings (SSSR count). The van der Waals surface area contributed by atoms with E-state index in [1.54, 1.807) is 25.1 Å². The maximum atomic E-state index is 13.4. The molecule has 150 valence electrons. The van der Waals surface area contributed by atoms with Crippen molar-refractivity contribution in [3.05, 3.63) is 71.4 Å². The average Bonchev–Trinajstić information content (AvgIpc) is 3.31. The Bertz CT molecular complexity index is 1060. The largest absolute Gasteiger partial charge is 0.487 e. The number of hydrogen-bond acceptors (Lipinski definition) is 4. The van der Waals surface area contributed by atoms with E-state index in [9.17, 15) is 18.0 Å². The molecule has 8 heteroatoms. The smallest absolute Gasteiger partial charge is 0.417 e. The fraction of sp³-hybridized carbons (Fsp3) is 0.238. The second-order valence-corrected chi connectivity index (χ2v) is 6.76. The van der Waals surface area contributed by atoms with Crippen molar-refractivity contribution in [2.75, 3.05) is 6.54 Å². The average molecular weight is 402 g/mol. The van der Waals surface area contributed by atoms with Crippen LogP contribution in [0.15, 0.2) is 53.3 Å². The molecule has 0 bridgehead atoms. The van der Waals surface area contributed by atoms with Gasteiger partial charge in [-0.05, 0) is 24.1 Å². The van der Waals surface area contributed by atoms with E-state index < -0.39 is 23.8 Å². The summed E-state index contributed by atoms with van der Waals surface area (Å²) in [6.45, 7) is 1.85. The number of carbonyl (C=O) groups is 1. The fourth-order valence-corrected chi connectivity index (χ4v) is 3.44. The van der Waals surface area contributed by atoms with E-state index in [4.69, 9.17) is 9.15 Å². The Morgan fingerprint density at radius 2 is 1.93 bits per heavy atom. The van der Waals surface area contributed by atoms with Crippen LogP contribution in [-0.2, 0) is 12.6 Å². The van der Waals surface area contributed by atoms with Crippen molar-refractivity contribution in [3.63, 3.8) is 0 Å². The van der Waals surface area contributed by atoms with Crippen LogP contribution in [0.2, 0.25) is 0 Å². The molecular formula is C21H17F3N2O3. The number of oxazole rings is 1. The lowest BCUT2D eigenvalue weighted by Gasteiger charge is -2.16. The highest BCUT2D eigenvalue weighted by molar-refractivity contribution is 5.92. The van der Waals surface area contributed by atoms with Gasteiger partial charge < -0.3 is 14.5 Å². The first kappa shape index (κ1) is 19.0.